The summed E-state index contributed by atoms with van der Waals surface area (Å²) in [4.78, 5) is 13.9. The molecule has 3 atom stereocenters. The van der Waals surface area contributed by atoms with Gasteiger partial charge in [-0.2, -0.15) is 0 Å². The molecular formula is C14H29N3O3. The molecule has 1 saturated heterocycles. The minimum Gasteiger partial charge on any atom is -0.377 e. The van der Waals surface area contributed by atoms with Gasteiger partial charge in [-0.3, -0.25) is 9.69 Å². The third-order valence-corrected chi connectivity index (χ3v) is 4.16. The second-order valence-corrected chi connectivity index (χ2v) is 5.64. The van der Waals surface area contributed by atoms with Crippen molar-refractivity contribution in [1.29, 1.82) is 0 Å². The lowest BCUT2D eigenvalue weighted by Crippen LogP contribution is -2.53. The van der Waals surface area contributed by atoms with Crippen molar-refractivity contribution >= 4 is 5.91 Å². The summed E-state index contributed by atoms with van der Waals surface area (Å²) in [6, 6.07) is 0. The van der Waals surface area contributed by atoms with E-state index in [2.05, 4.69) is 10.2 Å². The first-order chi connectivity index (χ1) is 9.46. The van der Waals surface area contributed by atoms with Gasteiger partial charge in [0.05, 0.1) is 17.7 Å². The fourth-order valence-electron chi connectivity index (χ4n) is 2.80. The number of likely N-dealkylation sites (N-methyl/N-ethyl adjacent to an activating group) is 1. The van der Waals surface area contributed by atoms with Gasteiger partial charge in [0.2, 0.25) is 5.91 Å². The maximum Gasteiger partial charge on any atom is 0.237 e. The van der Waals surface area contributed by atoms with Gasteiger partial charge in [-0.15, -0.1) is 0 Å². The Kier molecular flexibility index (Phi) is 6.88. The van der Waals surface area contributed by atoms with E-state index in [0.717, 1.165) is 39.0 Å². The first kappa shape index (κ1) is 17.4. The van der Waals surface area contributed by atoms with Gasteiger partial charge in [0.1, 0.15) is 0 Å². The van der Waals surface area contributed by atoms with Gasteiger partial charge in [-0.1, -0.05) is 6.92 Å². The Morgan fingerprint density at radius 1 is 1.35 bits per heavy atom. The molecule has 1 heterocycles. The average Bonchev–Trinajstić information content (AvgIpc) is 2.81. The molecule has 3 N–H and O–H groups in total. The van der Waals surface area contributed by atoms with Crippen molar-refractivity contribution in [3.05, 3.63) is 0 Å². The number of ether oxygens (including phenoxy) is 2. The second-order valence-electron chi connectivity index (χ2n) is 5.64. The molecule has 0 saturated carbocycles. The lowest BCUT2D eigenvalue weighted by molar-refractivity contribution is -0.124. The monoisotopic (exact) mass is 287 g/mol. The zero-order valence-corrected chi connectivity index (χ0v) is 13.1. The van der Waals surface area contributed by atoms with E-state index in [1.54, 1.807) is 14.2 Å². The van der Waals surface area contributed by atoms with Crippen LogP contribution in [0.4, 0.5) is 0 Å². The standard InChI is InChI=1S/C14H29N3O3/c1-5-16-14(2,13(15)18)7-6-8-17-9-11(19-3)12(10-17)20-4/h11-12,16H,5-10H2,1-4H3,(H2,15,18). The van der Waals surface area contributed by atoms with Crippen LogP contribution in [0.25, 0.3) is 0 Å². The first-order valence-electron chi connectivity index (χ1n) is 7.29. The van der Waals surface area contributed by atoms with Crippen LogP contribution >= 0.6 is 0 Å². The van der Waals surface area contributed by atoms with Gasteiger partial charge in [-0.05, 0) is 32.9 Å². The topological polar surface area (TPSA) is 76.8 Å². The van der Waals surface area contributed by atoms with Crippen molar-refractivity contribution < 1.29 is 14.3 Å². The number of nitrogens with two attached hydrogens (primary N) is 1. The summed E-state index contributed by atoms with van der Waals surface area (Å²) in [5, 5.41) is 3.18. The normalized spacial score (nSPS) is 26.6. The van der Waals surface area contributed by atoms with E-state index in [1.165, 1.54) is 0 Å². The Morgan fingerprint density at radius 2 is 1.90 bits per heavy atom. The molecule has 0 aromatic heterocycles. The van der Waals surface area contributed by atoms with Crippen LogP contribution in [-0.2, 0) is 14.3 Å². The average molecular weight is 287 g/mol. The Balaban J connectivity index is 2.39. The summed E-state index contributed by atoms with van der Waals surface area (Å²) in [5.74, 6) is -0.287. The number of nitrogens with zero attached hydrogens (tertiary/aromatic N) is 1. The number of primary amides is 1. The Morgan fingerprint density at radius 3 is 2.30 bits per heavy atom. The molecule has 1 amide bonds. The van der Waals surface area contributed by atoms with Crippen molar-refractivity contribution in [2.75, 3.05) is 40.4 Å². The smallest absolute Gasteiger partial charge is 0.237 e. The predicted octanol–water partition coefficient (Wildman–Crippen LogP) is -0.0343. The quantitative estimate of drug-likeness (QED) is 0.622. The number of rotatable bonds is 9. The highest BCUT2D eigenvalue weighted by Crippen LogP contribution is 2.18. The van der Waals surface area contributed by atoms with Gasteiger partial charge >= 0.3 is 0 Å². The summed E-state index contributed by atoms with van der Waals surface area (Å²) in [6.45, 7) is 7.27. The molecule has 6 heteroatoms. The molecular weight excluding hydrogens is 258 g/mol. The minimum atomic E-state index is -0.615. The van der Waals surface area contributed by atoms with Crippen molar-refractivity contribution in [3.63, 3.8) is 0 Å². The Bertz CT molecular complexity index is 302. The van der Waals surface area contributed by atoms with Crippen LogP contribution in [0.5, 0.6) is 0 Å². The predicted molar refractivity (Wildman–Crippen MR) is 78.5 cm³/mol. The highest BCUT2D eigenvalue weighted by Gasteiger charge is 2.34. The number of likely N-dealkylation sites (tertiary alicyclic amines) is 1. The Labute approximate surface area is 122 Å². The summed E-state index contributed by atoms with van der Waals surface area (Å²) in [5.41, 5.74) is 4.87. The molecule has 20 heavy (non-hydrogen) atoms. The molecule has 3 unspecified atom stereocenters. The van der Waals surface area contributed by atoms with Gasteiger partial charge in [0, 0.05) is 27.3 Å². The van der Waals surface area contributed by atoms with Crippen molar-refractivity contribution in [2.45, 2.75) is 44.4 Å². The van der Waals surface area contributed by atoms with E-state index < -0.39 is 5.54 Å². The van der Waals surface area contributed by atoms with Gasteiger partial charge in [0.15, 0.2) is 0 Å². The van der Waals surface area contributed by atoms with Crippen LogP contribution in [0, 0.1) is 0 Å². The largest absolute Gasteiger partial charge is 0.377 e. The first-order valence-corrected chi connectivity index (χ1v) is 7.29. The fourth-order valence-corrected chi connectivity index (χ4v) is 2.80. The second kappa shape index (κ2) is 7.93. The summed E-state index contributed by atoms with van der Waals surface area (Å²) in [7, 11) is 3.44. The summed E-state index contributed by atoms with van der Waals surface area (Å²) < 4.78 is 10.8. The molecule has 1 rings (SSSR count). The molecule has 0 aromatic carbocycles. The Hall–Kier alpha value is -0.690. The van der Waals surface area contributed by atoms with Crippen LogP contribution in [0.15, 0.2) is 0 Å². The number of amides is 1. The summed E-state index contributed by atoms with van der Waals surface area (Å²) in [6.07, 6.45) is 1.92. The molecule has 118 valence electrons. The van der Waals surface area contributed by atoms with Crippen LogP contribution in [0.3, 0.4) is 0 Å². The van der Waals surface area contributed by atoms with E-state index in [1.807, 2.05) is 13.8 Å². The maximum atomic E-state index is 11.5. The number of nitrogens with one attached hydrogen (secondary N) is 1. The molecule has 0 bridgehead atoms. The number of hydrogen-bond donors (Lipinski definition) is 2. The summed E-state index contributed by atoms with van der Waals surface area (Å²) >= 11 is 0. The van der Waals surface area contributed by atoms with Crippen LogP contribution in [-0.4, -0.2) is 69.0 Å². The van der Waals surface area contributed by atoms with E-state index in [4.69, 9.17) is 15.2 Å². The van der Waals surface area contributed by atoms with Gasteiger partial charge < -0.3 is 20.5 Å². The van der Waals surface area contributed by atoms with Crippen LogP contribution in [0.1, 0.15) is 26.7 Å². The molecule has 0 spiro atoms. The number of carbonyl (C=O) groups is 1. The molecule has 6 nitrogen and oxygen atoms in total. The molecule has 1 fully saturated rings. The highest BCUT2D eigenvalue weighted by atomic mass is 16.5. The molecule has 0 aliphatic carbocycles. The maximum absolute atomic E-state index is 11.5. The number of carbonyl (C=O) groups excluding carboxylic acids is 1. The van der Waals surface area contributed by atoms with Crippen molar-refractivity contribution in [1.82, 2.24) is 10.2 Å². The zero-order valence-electron chi connectivity index (χ0n) is 13.1. The van der Waals surface area contributed by atoms with E-state index in [-0.39, 0.29) is 18.1 Å². The lowest BCUT2D eigenvalue weighted by Gasteiger charge is -2.28. The van der Waals surface area contributed by atoms with Gasteiger partial charge in [0.25, 0.3) is 0 Å². The molecule has 1 aliphatic rings. The van der Waals surface area contributed by atoms with Crippen LogP contribution < -0.4 is 11.1 Å². The van der Waals surface area contributed by atoms with E-state index in [0.29, 0.717) is 0 Å². The number of hydrogen-bond acceptors (Lipinski definition) is 5. The van der Waals surface area contributed by atoms with E-state index >= 15 is 0 Å². The van der Waals surface area contributed by atoms with Crippen molar-refractivity contribution in [3.8, 4) is 0 Å². The fraction of sp³-hybridized carbons (Fsp3) is 0.929. The third kappa shape index (κ3) is 4.41. The third-order valence-electron chi connectivity index (χ3n) is 4.16. The van der Waals surface area contributed by atoms with Crippen molar-refractivity contribution in [2.24, 2.45) is 5.73 Å². The minimum absolute atomic E-state index is 0.135. The SMILES string of the molecule is CCNC(C)(CCCN1CC(OC)C(OC)C1)C(N)=O. The molecule has 1 aliphatic heterocycles. The lowest BCUT2D eigenvalue weighted by atomic mass is 9.94. The van der Waals surface area contributed by atoms with Crippen LogP contribution in [0.2, 0.25) is 0 Å². The van der Waals surface area contributed by atoms with Gasteiger partial charge in [-0.25, -0.2) is 0 Å². The molecule has 0 aromatic rings. The highest BCUT2D eigenvalue weighted by molar-refractivity contribution is 5.84. The zero-order chi connectivity index (χ0) is 15.2. The molecule has 0 radical (unpaired) electrons. The number of methoxy groups -OCH3 is 2. The van der Waals surface area contributed by atoms with E-state index in [9.17, 15) is 4.79 Å².